The van der Waals surface area contributed by atoms with Crippen molar-refractivity contribution in [2.45, 2.75) is 19.9 Å². The van der Waals surface area contributed by atoms with Crippen molar-refractivity contribution in [3.05, 3.63) is 23.8 Å². The third-order valence-electron chi connectivity index (χ3n) is 2.60. The molecule has 0 aliphatic heterocycles. The van der Waals surface area contributed by atoms with Gasteiger partial charge < -0.3 is 14.8 Å². The summed E-state index contributed by atoms with van der Waals surface area (Å²) < 4.78 is 10.3. The lowest BCUT2D eigenvalue weighted by Crippen LogP contribution is -2.37. The SMILES string of the molecule is COc1cccc(C(=O)NC(C)C(C)=O)c1OC. The molecule has 0 heterocycles. The van der Waals surface area contributed by atoms with Crippen molar-refractivity contribution in [3.63, 3.8) is 0 Å². The Bertz CT molecular complexity index is 456. The predicted octanol–water partition coefficient (Wildman–Crippen LogP) is 1.41. The maximum absolute atomic E-state index is 12.0. The number of carbonyl (C=O) groups excluding carboxylic acids is 2. The number of nitrogens with one attached hydrogen (secondary N) is 1. The van der Waals surface area contributed by atoms with Crippen molar-refractivity contribution in [1.82, 2.24) is 5.32 Å². The van der Waals surface area contributed by atoms with E-state index in [1.165, 1.54) is 21.1 Å². The summed E-state index contributed by atoms with van der Waals surface area (Å²) in [5, 5.41) is 2.60. The lowest BCUT2D eigenvalue weighted by atomic mass is 10.1. The number of Topliss-reactive ketones (excluding diaryl/α,β-unsaturated/α-hetero) is 1. The van der Waals surface area contributed by atoms with Gasteiger partial charge >= 0.3 is 0 Å². The first-order valence-corrected chi connectivity index (χ1v) is 5.53. The van der Waals surface area contributed by atoms with Gasteiger partial charge in [-0.3, -0.25) is 9.59 Å². The summed E-state index contributed by atoms with van der Waals surface area (Å²) in [5.41, 5.74) is 0.338. The molecule has 0 saturated heterocycles. The Hall–Kier alpha value is -2.04. The summed E-state index contributed by atoms with van der Waals surface area (Å²) in [4.78, 5) is 23.1. The standard InChI is InChI=1S/C13H17NO4/c1-8(9(2)15)14-13(16)10-6-5-7-11(17-3)12(10)18-4/h5-8H,1-4H3,(H,14,16). The topological polar surface area (TPSA) is 64.6 Å². The second-order valence-corrected chi connectivity index (χ2v) is 3.85. The Morgan fingerprint density at radius 2 is 1.89 bits per heavy atom. The smallest absolute Gasteiger partial charge is 0.255 e. The van der Waals surface area contributed by atoms with Gasteiger partial charge in [0.25, 0.3) is 5.91 Å². The number of ether oxygens (including phenoxy) is 2. The van der Waals surface area contributed by atoms with Gasteiger partial charge in [-0.2, -0.15) is 0 Å². The van der Waals surface area contributed by atoms with E-state index in [-0.39, 0.29) is 11.7 Å². The molecule has 0 aromatic heterocycles. The van der Waals surface area contributed by atoms with Crippen molar-refractivity contribution in [2.24, 2.45) is 0 Å². The lowest BCUT2D eigenvalue weighted by Gasteiger charge is -2.14. The molecule has 0 aliphatic rings. The first-order valence-electron chi connectivity index (χ1n) is 5.53. The molecule has 0 aliphatic carbocycles. The zero-order chi connectivity index (χ0) is 13.7. The Balaban J connectivity index is 3.02. The minimum absolute atomic E-state index is 0.106. The van der Waals surface area contributed by atoms with E-state index >= 15 is 0 Å². The summed E-state index contributed by atoms with van der Waals surface area (Å²) in [6, 6.07) is 4.47. The summed E-state index contributed by atoms with van der Waals surface area (Å²) in [5.74, 6) is 0.354. The van der Waals surface area contributed by atoms with E-state index in [1.54, 1.807) is 25.1 Å². The highest BCUT2D eigenvalue weighted by molar-refractivity contribution is 6.00. The summed E-state index contributed by atoms with van der Waals surface area (Å²) in [7, 11) is 2.96. The van der Waals surface area contributed by atoms with Crippen LogP contribution in [0.4, 0.5) is 0 Å². The van der Waals surface area contributed by atoms with Gasteiger partial charge in [-0.1, -0.05) is 6.07 Å². The van der Waals surface area contributed by atoms with Crippen LogP contribution in [0.25, 0.3) is 0 Å². The second kappa shape index (κ2) is 6.05. The van der Waals surface area contributed by atoms with E-state index in [2.05, 4.69) is 5.32 Å². The van der Waals surface area contributed by atoms with Gasteiger partial charge in [0.1, 0.15) is 0 Å². The minimum atomic E-state index is -0.534. The van der Waals surface area contributed by atoms with Gasteiger partial charge in [0, 0.05) is 0 Å². The molecule has 0 bridgehead atoms. The van der Waals surface area contributed by atoms with Crippen molar-refractivity contribution < 1.29 is 19.1 Å². The molecule has 5 nitrogen and oxygen atoms in total. The molecule has 0 spiro atoms. The molecule has 0 radical (unpaired) electrons. The second-order valence-electron chi connectivity index (χ2n) is 3.85. The molecule has 1 amide bonds. The monoisotopic (exact) mass is 251 g/mol. The molecule has 18 heavy (non-hydrogen) atoms. The largest absolute Gasteiger partial charge is 0.493 e. The van der Waals surface area contributed by atoms with Crippen molar-refractivity contribution >= 4 is 11.7 Å². The molecule has 1 rings (SSSR count). The van der Waals surface area contributed by atoms with Crippen LogP contribution in [0.5, 0.6) is 11.5 Å². The number of amides is 1. The number of rotatable bonds is 5. The Morgan fingerprint density at radius 3 is 2.39 bits per heavy atom. The third-order valence-corrected chi connectivity index (χ3v) is 2.60. The van der Waals surface area contributed by atoms with E-state index in [0.717, 1.165) is 0 Å². The first-order chi connectivity index (χ1) is 8.51. The highest BCUT2D eigenvalue weighted by Crippen LogP contribution is 2.30. The maximum Gasteiger partial charge on any atom is 0.255 e. The van der Waals surface area contributed by atoms with Gasteiger partial charge in [0.05, 0.1) is 25.8 Å². The fourth-order valence-corrected chi connectivity index (χ4v) is 1.44. The molecule has 1 aromatic rings. The number of carbonyl (C=O) groups is 2. The zero-order valence-corrected chi connectivity index (χ0v) is 10.9. The lowest BCUT2D eigenvalue weighted by molar-refractivity contribution is -0.118. The normalized spacial score (nSPS) is 11.6. The van der Waals surface area contributed by atoms with Gasteiger partial charge in [0.2, 0.25) is 0 Å². The quantitative estimate of drug-likeness (QED) is 0.859. The molecule has 98 valence electrons. The van der Waals surface area contributed by atoms with E-state index in [0.29, 0.717) is 17.1 Å². The molecule has 1 unspecified atom stereocenters. The minimum Gasteiger partial charge on any atom is -0.493 e. The summed E-state index contributed by atoms with van der Waals surface area (Å²) in [6.45, 7) is 3.06. The van der Waals surface area contributed by atoms with Crippen LogP contribution in [0.1, 0.15) is 24.2 Å². The van der Waals surface area contributed by atoms with Crippen molar-refractivity contribution in [2.75, 3.05) is 14.2 Å². The zero-order valence-electron chi connectivity index (χ0n) is 10.9. The van der Waals surface area contributed by atoms with Gasteiger partial charge in [-0.25, -0.2) is 0 Å². The van der Waals surface area contributed by atoms with Crippen LogP contribution >= 0.6 is 0 Å². The molecule has 0 saturated carbocycles. The first kappa shape index (κ1) is 14.0. The summed E-state index contributed by atoms with van der Waals surface area (Å²) in [6.07, 6.45) is 0. The van der Waals surface area contributed by atoms with Gasteiger partial charge in [-0.05, 0) is 26.0 Å². The van der Waals surface area contributed by atoms with Crippen LogP contribution < -0.4 is 14.8 Å². The van der Waals surface area contributed by atoms with Crippen molar-refractivity contribution in [1.29, 1.82) is 0 Å². The van der Waals surface area contributed by atoms with Crippen LogP contribution in [-0.2, 0) is 4.79 Å². The average Bonchev–Trinajstić information content (AvgIpc) is 2.37. The molecular formula is C13H17NO4. The molecule has 0 fully saturated rings. The van der Waals surface area contributed by atoms with E-state index in [1.807, 2.05) is 0 Å². The highest BCUT2D eigenvalue weighted by atomic mass is 16.5. The molecule has 1 N–H and O–H groups in total. The number of hydrogen-bond donors (Lipinski definition) is 1. The number of methoxy groups -OCH3 is 2. The third kappa shape index (κ3) is 3.00. The van der Waals surface area contributed by atoms with Crippen LogP contribution in [-0.4, -0.2) is 32.0 Å². The van der Waals surface area contributed by atoms with Crippen molar-refractivity contribution in [3.8, 4) is 11.5 Å². The molecule has 1 aromatic carbocycles. The fourth-order valence-electron chi connectivity index (χ4n) is 1.44. The Morgan fingerprint density at radius 1 is 1.22 bits per heavy atom. The Labute approximate surface area is 106 Å². The Kier molecular flexibility index (Phi) is 4.71. The van der Waals surface area contributed by atoms with Crippen LogP contribution in [0, 0.1) is 0 Å². The van der Waals surface area contributed by atoms with Gasteiger partial charge in [-0.15, -0.1) is 0 Å². The van der Waals surface area contributed by atoms with Crippen LogP contribution in [0.15, 0.2) is 18.2 Å². The predicted molar refractivity (Wildman–Crippen MR) is 67.2 cm³/mol. The van der Waals surface area contributed by atoms with E-state index in [9.17, 15) is 9.59 Å². The number of hydrogen-bond acceptors (Lipinski definition) is 4. The van der Waals surface area contributed by atoms with Crippen LogP contribution in [0.3, 0.4) is 0 Å². The maximum atomic E-state index is 12.0. The highest BCUT2D eigenvalue weighted by Gasteiger charge is 2.19. The van der Waals surface area contributed by atoms with Gasteiger partial charge in [0.15, 0.2) is 17.3 Å². The number of ketones is 1. The summed E-state index contributed by atoms with van der Waals surface area (Å²) >= 11 is 0. The number of benzene rings is 1. The molecule has 5 heteroatoms. The van der Waals surface area contributed by atoms with E-state index in [4.69, 9.17) is 9.47 Å². The molecular weight excluding hydrogens is 234 g/mol. The van der Waals surface area contributed by atoms with E-state index < -0.39 is 6.04 Å². The fraction of sp³-hybridized carbons (Fsp3) is 0.385. The molecule has 1 atom stereocenters. The number of para-hydroxylation sites is 1. The van der Waals surface area contributed by atoms with Crippen LogP contribution in [0.2, 0.25) is 0 Å². The average molecular weight is 251 g/mol.